The van der Waals surface area contributed by atoms with E-state index in [1.54, 1.807) is 14.2 Å². The van der Waals surface area contributed by atoms with Crippen LogP contribution in [0.4, 0.5) is 0 Å². The van der Waals surface area contributed by atoms with Gasteiger partial charge in [0.1, 0.15) is 5.75 Å². The highest BCUT2D eigenvalue weighted by Crippen LogP contribution is 2.25. The summed E-state index contributed by atoms with van der Waals surface area (Å²) in [6, 6.07) is 5.52. The number of hydroxylamine groups is 1. The van der Waals surface area contributed by atoms with E-state index >= 15 is 0 Å². The van der Waals surface area contributed by atoms with E-state index in [9.17, 15) is 0 Å². The monoisotopic (exact) mass is 201 g/mol. The summed E-state index contributed by atoms with van der Waals surface area (Å²) in [5.41, 5.74) is 3.61. The van der Waals surface area contributed by atoms with Crippen LogP contribution in [0.1, 0.15) is 5.56 Å². The molecule has 0 radical (unpaired) electrons. The van der Waals surface area contributed by atoms with E-state index in [4.69, 9.17) is 21.2 Å². The molecule has 72 valence electrons. The lowest BCUT2D eigenvalue weighted by molar-refractivity contribution is 0.0861. The number of nitrogens with one attached hydrogen (secondary N) is 1. The number of halogens is 1. The van der Waals surface area contributed by atoms with Crippen molar-refractivity contribution in [3.63, 3.8) is 0 Å². The van der Waals surface area contributed by atoms with Gasteiger partial charge < -0.3 is 9.57 Å². The topological polar surface area (TPSA) is 30.5 Å². The van der Waals surface area contributed by atoms with Gasteiger partial charge in [-0.1, -0.05) is 17.7 Å². The average Bonchev–Trinajstić information content (AvgIpc) is 2.15. The molecule has 0 atom stereocenters. The SMILES string of the molecule is CONCc1c(Cl)cccc1OC. The molecule has 0 saturated heterocycles. The molecule has 13 heavy (non-hydrogen) atoms. The molecule has 4 heteroatoms. The maximum atomic E-state index is 5.97. The first kappa shape index (κ1) is 10.3. The van der Waals surface area contributed by atoms with Crippen LogP contribution < -0.4 is 10.2 Å². The third-order valence-corrected chi connectivity index (χ3v) is 2.04. The Morgan fingerprint density at radius 2 is 2.15 bits per heavy atom. The molecule has 0 heterocycles. The number of hydrogen-bond donors (Lipinski definition) is 1. The van der Waals surface area contributed by atoms with Crippen molar-refractivity contribution < 1.29 is 9.57 Å². The molecule has 1 rings (SSSR count). The van der Waals surface area contributed by atoms with Crippen LogP contribution in [-0.2, 0) is 11.4 Å². The molecule has 1 aromatic rings. The molecule has 1 N–H and O–H groups in total. The van der Waals surface area contributed by atoms with Crippen LogP contribution in [0.3, 0.4) is 0 Å². The van der Waals surface area contributed by atoms with Gasteiger partial charge >= 0.3 is 0 Å². The van der Waals surface area contributed by atoms with Gasteiger partial charge in [0, 0.05) is 10.6 Å². The summed E-state index contributed by atoms with van der Waals surface area (Å²) in [5.74, 6) is 0.761. The Balaban J connectivity index is 2.87. The van der Waals surface area contributed by atoms with Gasteiger partial charge in [-0.2, -0.15) is 5.48 Å². The van der Waals surface area contributed by atoms with Gasteiger partial charge in [0.05, 0.1) is 20.8 Å². The van der Waals surface area contributed by atoms with Crippen molar-refractivity contribution in [2.24, 2.45) is 0 Å². The van der Waals surface area contributed by atoms with Gasteiger partial charge in [0.15, 0.2) is 0 Å². The van der Waals surface area contributed by atoms with Gasteiger partial charge in [-0.05, 0) is 12.1 Å². The van der Waals surface area contributed by atoms with Crippen molar-refractivity contribution in [2.75, 3.05) is 14.2 Å². The van der Waals surface area contributed by atoms with Gasteiger partial charge in [0.25, 0.3) is 0 Å². The van der Waals surface area contributed by atoms with Crippen LogP contribution in [0.2, 0.25) is 5.02 Å². The van der Waals surface area contributed by atoms with Crippen molar-refractivity contribution in [3.05, 3.63) is 28.8 Å². The lowest BCUT2D eigenvalue weighted by Crippen LogP contribution is -2.12. The minimum absolute atomic E-state index is 0.527. The van der Waals surface area contributed by atoms with E-state index in [0.717, 1.165) is 11.3 Å². The van der Waals surface area contributed by atoms with Crippen LogP contribution in [0.15, 0.2) is 18.2 Å². The Hall–Kier alpha value is -0.770. The first-order valence-corrected chi connectivity index (χ1v) is 4.24. The Kier molecular flexibility index (Phi) is 4.02. The molecule has 0 aromatic heterocycles. The quantitative estimate of drug-likeness (QED) is 0.756. The summed E-state index contributed by atoms with van der Waals surface area (Å²) >= 11 is 5.97. The molecule has 0 fully saturated rings. The minimum atomic E-state index is 0.527. The molecular weight excluding hydrogens is 190 g/mol. The molecule has 1 aromatic carbocycles. The Morgan fingerprint density at radius 1 is 1.38 bits per heavy atom. The van der Waals surface area contributed by atoms with Gasteiger partial charge in [-0.15, -0.1) is 0 Å². The summed E-state index contributed by atoms with van der Waals surface area (Å²) in [6.45, 7) is 0.527. The summed E-state index contributed by atoms with van der Waals surface area (Å²) in [7, 11) is 3.17. The third kappa shape index (κ3) is 2.59. The van der Waals surface area contributed by atoms with Crippen LogP contribution in [0, 0.1) is 0 Å². The van der Waals surface area contributed by atoms with E-state index in [-0.39, 0.29) is 0 Å². The second-order valence-electron chi connectivity index (χ2n) is 2.45. The molecule has 0 spiro atoms. The van der Waals surface area contributed by atoms with E-state index in [1.165, 1.54) is 0 Å². The Bertz CT molecular complexity index is 278. The molecule has 0 amide bonds. The van der Waals surface area contributed by atoms with Crippen molar-refractivity contribution in [2.45, 2.75) is 6.54 Å². The fourth-order valence-corrected chi connectivity index (χ4v) is 1.28. The largest absolute Gasteiger partial charge is 0.496 e. The van der Waals surface area contributed by atoms with Crippen molar-refractivity contribution >= 4 is 11.6 Å². The maximum absolute atomic E-state index is 5.97. The Morgan fingerprint density at radius 3 is 2.77 bits per heavy atom. The molecule has 0 bridgehead atoms. The van der Waals surface area contributed by atoms with Crippen molar-refractivity contribution in [1.82, 2.24) is 5.48 Å². The zero-order valence-corrected chi connectivity index (χ0v) is 8.39. The zero-order valence-electron chi connectivity index (χ0n) is 7.63. The number of methoxy groups -OCH3 is 1. The molecule has 0 aliphatic rings. The van der Waals surface area contributed by atoms with Crippen molar-refractivity contribution in [3.8, 4) is 5.75 Å². The summed E-state index contributed by atoms with van der Waals surface area (Å²) in [6.07, 6.45) is 0. The van der Waals surface area contributed by atoms with Gasteiger partial charge in [-0.3, -0.25) is 0 Å². The average molecular weight is 202 g/mol. The lowest BCUT2D eigenvalue weighted by Gasteiger charge is -2.09. The number of rotatable bonds is 4. The fourth-order valence-electron chi connectivity index (χ4n) is 1.05. The molecule has 3 nitrogen and oxygen atoms in total. The summed E-state index contributed by atoms with van der Waals surface area (Å²) in [4.78, 5) is 4.74. The van der Waals surface area contributed by atoms with Crippen LogP contribution in [0.25, 0.3) is 0 Å². The van der Waals surface area contributed by atoms with Gasteiger partial charge in [0.2, 0.25) is 0 Å². The highest BCUT2D eigenvalue weighted by Gasteiger charge is 2.05. The van der Waals surface area contributed by atoms with E-state index < -0.39 is 0 Å². The minimum Gasteiger partial charge on any atom is -0.496 e. The first-order valence-electron chi connectivity index (χ1n) is 3.86. The smallest absolute Gasteiger partial charge is 0.124 e. The predicted octanol–water partition coefficient (Wildman–Crippen LogP) is 2.00. The number of hydrogen-bond acceptors (Lipinski definition) is 3. The standard InChI is InChI=1S/C9H12ClNO2/c1-12-9-5-3-4-8(10)7(9)6-11-13-2/h3-5,11H,6H2,1-2H3. The van der Waals surface area contributed by atoms with Gasteiger partial charge in [-0.25, -0.2) is 0 Å². The number of benzene rings is 1. The zero-order chi connectivity index (χ0) is 9.68. The van der Waals surface area contributed by atoms with Crippen molar-refractivity contribution in [1.29, 1.82) is 0 Å². The highest BCUT2D eigenvalue weighted by molar-refractivity contribution is 6.31. The second kappa shape index (κ2) is 5.07. The predicted molar refractivity (Wildman–Crippen MR) is 51.9 cm³/mol. The van der Waals surface area contributed by atoms with E-state index in [2.05, 4.69) is 5.48 Å². The maximum Gasteiger partial charge on any atom is 0.124 e. The second-order valence-corrected chi connectivity index (χ2v) is 2.85. The number of ether oxygens (including phenoxy) is 1. The fraction of sp³-hybridized carbons (Fsp3) is 0.333. The molecular formula is C9H12ClNO2. The van der Waals surface area contributed by atoms with Crippen LogP contribution in [0.5, 0.6) is 5.75 Å². The molecule has 0 aliphatic carbocycles. The first-order chi connectivity index (χ1) is 6.29. The van der Waals surface area contributed by atoms with E-state index in [1.807, 2.05) is 18.2 Å². The normalized spacial score (nSPS) is 10.1. The molecule has 0 unspecified atom stereocenters. The summed E-state index contributed by atoms with van der Waals surface area (Å²) < 4.78 is 5.14. The Labute approximate surface area is 82.6 Å². The lowest BCUT2D eigenvalue weighted by atomic mass is 10.2. The third-order valence-electron chi connectivity index (χ3n) is 1.69. The molecule has 0 saturated carbocycles. The summed E-state index contributed by atoms with van der Waals surface area (Å²) in [5, 5.41) is 0.670. The van der Waals surface area contributed by atoms with E-state index in [0.29, 0.717) is 11.6 Å². The molecule has 0 aliphatic heterocycles. The highest BCUT2D eigenvalue weighted by atomic mass is 35.5. The van der Waals surface area contributed by atoms with Crippen LogP contribution in [-0.4, -0.2) is 14.2 Å². The van der Waals surface area contributed by atoms with Crippen LogP contribution >= 0.6 is 11.6 Å².